The van der Waals surface area contributed by atoms with Crippen LogP contribution < -0.4 is 5.73 Å². The van der Waals surface area contributed by atoms with Crippen LogP contribution >= 0.6 is 12.6 Å². The molecule has 0 heterocycles. The third-order valence-electron chi connectivity index (χ3n) is 2.74. The number of unbranched alkanes of at least 4 members (excludes halogenated alkanes) is 7. The average molecular weight is 261 g/mol. The second kappa shape index (κ2) is 12.2. The van der Waals surface area contributed by atoms with E-state index in [0.717, 1.165) is 12.8 Å². The molecule has 0 aromatic heterocycles. The molecule has 0 rings (SSSR count). The lowest BCUT2D eigenvalue weighted by Gasteiger charge is -2.08. The molecule has 0 bridgehead atoms. The Kier molecular flexibility index (Phi) is 12.1. The molecule has 0 unspecified atom stereocenters. The Bertz CT molecular complexity index is 188. The smallest absolute Gasteiger partial charge is 0.323 e. The lowest BCUT2D eigenvalue weighted by molar-refractivity contribution is -0.144. The van der Waals surface area contributed by atoms with Crippen LogP contribution in [0.4, 0.5) is 0 Å². The predicted octanol–water partition coefficient (Wildman–Crippen LogP) is 2.93. The van der Waals surface area contributed by atoms with E-state index in [4.69, 9.17) is 10.5 Å². The van der Waals surface area contributed by atoms with Crippen LogP contribution in [0.3, 0.4) is 0 Å². The number of carbonyl (C=O) groups is 1. The molecule has 0 fully saturated rings. The molecule has 0 saturated carbocycles. The van der Waals surface area contributed by atoms with Crippen molar-refractivity contribution in [3.8, 4) is 0 Å². The van der Waals surface area contributed by atoms with Crippen molar-refractivity contribution in [2.45, 2.75) is 64.3 Å². The van der Waals surface area contributed by atoms with Crippen LogP contribution in [0.5, 0.6) is 0 Å². The van der Waals surface area contributed by atoms with Crippen molar-refractivity contribution in [1.82, 2.24) is 0 Å². The zero-order valence-electron chi connectivity index (χ0n) is 11.0. The van der Waals surface area contributed by atoms with Crippen LogP contribution in [0.15, 0.2) is 0 Å². The summed E-state index contributed by atoms with van der Waals surface area (Å²) in [4.78, 5) is 11.2. The van der Waals surface area contributed by atoms with Crippen molar-refractivity contribution in [3.05, 3.63) is 0 Å². The van der Waals surface area contributed by atoms with Crippen LogP contribution in [-0.4, -0.2) is 24.4 Å². The molecular formula is C13H27NO2S. The minimum Gasteiger partial charge on any atom is -0.465 e. The Morgan fingerprint density at radius 3 is 2.18 bits per heavy atom. The summed E-state index contributed by atoms with van der Waals surface area (Å²) in [6.07, 6.45) is 9.93. The van der Waals surface area contributed by atoms with Crippen LogP contribution in [0, 0.1) is 0 Å². The Morgan fingerprint density at radius 2 is 1.65 bits per heavy atom. The molecule has 3 nitrogen and oxygen atoms in total. The van der Waals surface area contributed by atoms with Crippen molar-refractivity contribution < 1.29 is 9.53 Å². The molecule has 4 heteroatoms. The van der Waals surface area contributed by atoms with Gasteiger partial charge in [-0.05, 0) is 6.42 Å². The lowest BCUT2D eigenvalue weighted by atomic mass is 10.1. The maximum atomic E-state index is 11.2. The summed E-state index contributed by atoms with van der Waals surface area (Å²) in [6, 6.07) is -0.577. The van der Waals surface area contributed by atoms with Crippen molar-refractivity contribution in [3.63, 3.8) is 0 Å². The second-order valence-electron chi connectivity index (χ2n) is 4.43. The van der Waals surface area contributed by atoms with E-state index in [1.54, 1.807) is 0 Å². The van der Waals surface area contributed by atoms with E-state index in [0.29, 0.717) is 12.4 Å². The van der Waals surface area contributed by atoms with Crippen LogP contribution in [0.2, 0.25) is 0 Å². The van der Waals surface area contributed by atoms with E-state index < -0.39 is 6.04 Å². The molecule has 0 radical (unpaired) electrons. The molecule has 0 aliphatic carbocycles. The van der Waals surface area contributed by atoms with Crippen LogP contribution in [0.25, 0.3) is 0 Å². The molecule has 0 aromatic rings. The molecule has 1 atom stereocenters. The summed E-state index contributed by atoms with van der Waals surface area (Å²) in [5.41, 5.74) is 5.47. The lowest BCUT2D eigenvalue weighted by Crippen LogP contribution is -2.34. The minimum absolute atomic E-state index is 0.331. The first-order valence-electron chi connectivity index (χ1n) is 6.75. The SMILES string of the molecule is CCCCCCCCCCOC(=O)[C@@H](N)CS. The van der Waals surface area contributed by atoms with Gasteiger partial charge in [0, 0.05) is 5.75 Å². The third kappa shape index (κ3) is 10.6. The second-order valence-corrected chi connectivity index (χ2v) is 4.80. The molecule has 17 heavy (non-hydrogen) atoms. The van der Waals surface area contributed by atoms with Gasteiger partial charge in [-0.25, -0.2) is 0 Å². The molecule has 0 saturated heterocycles. The zero-order valence-corrected chi connectivity index (χ0v) is 11.9. The summed E-state index contributed by atoms with van der Waals surface area (Å²) in [6.45, 7) is 2.72. The molecule has 0 aliphatic rings. The topological polar surface area (TPSA) is 52.3 Å². The molecule has 0 aromatic carbocycles. The van der Waals surface area contributed by atoms with Gasteiger partial charge in [0.15, 0.2) is 0 Å². The van der Waals surface area contributed by atoms with Gasteiger partial charge in [0.05, 0.1) is 6.61 Å². The number of esters is 1. The fourth-order valence-corrected chi connectivity index (χ4v) is 1.74. The Hall–Kier alpha value is -0.220. The van der Waals surface area contributed by atoms with Crippen LogP contribution in [0.1, 0.15) is 58.3 Å². The highest BCUT2D eigenvalue weighted by Gasteiger charge is 2.11. The van der Waals surface area contributed by atoms with E-state index in [1.165, 1.54) is 38.5 Å². The first-order chi connectivity index (χ1) is 8.22. The molecule has 0 amide bonds. The fraction of sp³-hybridized carbons (Fsp3) is 0.923. The number of ether oxygens (including phenoxy) is 1. The van der Waals surface area contributed by atoms with Gasteiger partial charge in [0.25, 0.3) is 0 Å². The summed E-state index contributed by atoms with van der Waals surface area (Å²) >= 11 is 3.95. The van der Waals surface area contributed by atoms with E-state index in [2.05, 4.69) is 19.6 Å². The monoisotopic (exact) mass is 261 g/mol. The number of nitrogens with two attached hydrogens (primary N) is 1. The Balaban J connectivity index is 3.16. The Labute approximate surface area is 111 Å². The Morgan fingerprint density at radius 1 is 1.12 bits per heavy atom. The number of hydrogen-bond donors (Lipinski definition) is 2. The predicted molar refractivity (Wildman–Crippen MR) is 75.4 cm³/mol. The van der Waals surface area contributed by atoms with Gasteiger partial charge >= 0.3 is 5.97 Å². The van der Waals surface area contributed by atoms with Gasteiger partial charge < -0.3 is 10.5 Å². The van der Waals surface area contributed by atoms with Crippen LogP contribution in [-0.2, 0) is 9.53 Å². The van der Waals surface area contributed by atoms with E-state index in [1.807, 2.05) is 0 Å². The van der Waals surface area contributed by atoms with Gasteiger partial charge in [0.1, 0.15) is 6.04 Å². The molecule has 2 N–H and O–H groups in total. The summed E-state index contributed by atoms with van der Waals surface area (Å²) in [5.74, 6) is 0.0129. The number of carbonyl (C=O) groups excluding carboxylic acids is 1. The first kappa shape index (κ1) is 16.8. The van der Waals surface area contributed by atoms with E-state index in [-0.39, 0.29) is 5.97 Å². The van der Waals surface area contributed by atoms with E-state index >= 15 is 0 Å². The minimum atomic E-state index is -0.577. The van der Waals surface area contributed by atoms with Gasteiger partial charge in [0.2, 0.25) is 0 Å². The highest BCUT2D eigenvalue weighted by atomic mass is 32.1. The van der Waals surface area contributed by atoms with Crippen molar-refractivity contribution >= 4 is 18.6 Å². The number of hydrogen-bond acceptors (Lipinski definition) is 4. The molecule has 102 valence electrons. The third-order valence-corrected chi connectivity index (χ3v) is 3.14. The zero-order chi connectivity index (χ0) is 12.9. The first-order valence-corrected chi connectivity index (χ1v) is 7.38. The largest absolute Gasteiger partial charge is 0.465 e. The highest BCUT2D eigenvalue weighted by molar-refractivity contribution is 7.80. The van der Waals surface area contributed by atoms with Crippen molar-refractivity contribution in [2.75, 3.05) is 12.4 Å². The van der Waals surface area contributed by atoms with Gasteiger partial charge in [-0.2, -0.15) is 12.6 Å². The molecule has 0 aliphatic heterocycles. The van der Waals surface area contributed by atoms with Gasteiger partial charge in [-0.1, -0.05) is 51.9 Å². The maximum Gasteiger partial charge on any atom is 0.323 e. The van der Waals surface area contributed by atoms with Gasteiger partial charge in [-0.15, -0.1) is 0 Å². The summed E-state index contributed by atoms with van der Waals surface area (Å²) in [7, 11) is 0. The fourth-order valence-electron chi connectivity index (χ4n) is 1.59. The number of thiol groups is 1. The van der Waals surface area contributed by atoms with Crippen molar-refractivity contribution in [1.29, 1.82) is 0 Å². The molecule has 0 spiro atoms. The quantitative estimate of drug-likeness (QED) is 0.341. The standard InChI is InChI=1S/C13H27NO2S/c1-2-3-4-5-6-7-8-9-10-16-13(15)12(14)11-17/h12,17H,2-11,14H2,1H3/t12-/m0/s1. The maximum absolute atomic E-state index is 11.2. The average Bonchev–Trinajstić information content (AvgIpc) is 2.35. The van der Waals surface area contributed by atoms with Crippen molar-refractivity contribution in [2.24, 2.45) is 5.73 Å². The summed E-state index contributed by atoms with van der Waals surface area (Å²) in [5, 5.41) is 0. The highest BCUT2D eigenvalue weighted by Crippen LogP contribution is 2.08. The summed E-state index contributed by atoms with van der Waals surface area (Å²) < 4.78 is 5.03. The molecular weight excluding hydrogens is 234 g/mol. The van der Waals surface area contributed by atoms with Gasteiger partial charge in [-0.3, -0.25) is 4.79 Å². The number of rotatable bonds is 11. The normalized spacial score (nSPS) is 12.4. The van der Waals surface area contributed by atoms with E-state index in [9.17, 15) is 4.79 Å².